The summed E-state index contributed by atoms with van der Waals surface area (Å²) in [6, 6.07) is 15.5. The summed E-state index contributed by atoms with van der Waals surface area (Å²) in [4.78, 5) is 14.2. The van der Waals surface area contributed by atoms with Crippen molar-refractivity contribution in [3.63, 3.8) is 0 Å². The van der Waals surface area contributed by atoms with Gasteiger partial charge in [0.25, 0.3) is 5.91 Å². The number of nitrogens with two attached hydrogens (primary N) is 1. The van der Waals surface area contributed by atoms with Gasteiger partial charge in [-0.05, 0) is 55.3 Å². The molecule has 0 radical (unpaired) electrons. The second kappa shape index (κ2) is 8.43. The van der Waals surface area contributed by atoms with E-state index in [2.05, 4.69) is 10.4 Å². The van der Waals surface area contributed by atoms with Crippen LogP contribution in [0.25, 0.3) is 15.9 Å². The Balaban J connectivity index is 1.47. The third-order valence-electron chi connectivity index (χ3n) is 4.77. The van der Waals surface area contributed by atoms with Crippen molar-refractivity contribution in [1.82, 2.24) is 15.1 Å². The molecule has 0 saturated carbocycles. The van der Waals surface area contributed by atoms with Gasteiger partial charge in [0.15, 0.2) is 0 Å². The number of carbonyl (C=O) groups excluding carboxylic acids is 1. The zero-order valence-corrected chi connectivity index (χ0v) is 18.9. The first-order valence-corrected chi connectivity index (χ1v) is 12.1. The molecular formula is C21H19ClN4O3S2. The molecule has 0 spiro atoms. The van der Waals surface area contributed by atoms with Gasteiger partial charge in [0.1, 0.15) is 4.83 Å². The Hall–Kier alpha value is -2.72. The Bertz CT molecular complexity index is 1380. The van der Waals surface area contributed by atoms with Crippen molar-refractivity contribution in [3.8, 4) is 5.69 Å². The normalized spacial score (nSPS) is 11.7. The number of nitrogens with one attached hydrogen (secondary N) is 1. The molecule has 31 heavy (non-hydrogen) atoms. The molecule has 10 heteroatoms. The molecule has 0 unspecified atom stereocenters. The van der Waals surface area contributed by atoms with Crippen LogP contribution in [0.4, 0.5) is 0 Å². The van der Waals surface area contributed by atoms with E-state index in [1.165, 1.54) is 23.5 Å². The van der Waals surface area contributed by atoms with Gasteiger partial charge >= 0.3 is 0 Å². The van der Waals surface area contributed by atoms with Crippen LogP contribution < -0.4 is 10.5 Å². The Morgan fingerprint density at radius 2 is 1.94 bits per heavy atom. The third kappa shape index (κ3) is 4.64. The highest BCUT2D eigenvalue weighted by atomic mass is 35.5. The highest BCUT2D eigenvalue weighted by molar-refractivity contribution is 7.89. The van der Waals surface area contributed by atoms with Crippen LogP contribution in [0.5, 0.6) is 0 Å². The van der Waals surface area contributed by atoms with Crippen LogP contribution in [-0.2, 0) is 16.4 Å². The van der Waals surface area contributed by atoms with Gasteiger partial charge in [0, 0.05) is 17.0 Å². The summed E-state index contributed by atoms with van der Waals surface area (Å²) in [5, 5.41) is 14.1. The lowest BCUT2D eigenvalue weighted by atomic mass is 10.1. The number of thiophene rings is 1. The summed E-state index contributed by atoms with van der Waals surface area (Å²) < 4.78 is 24.4. The lowest BCUT2D eigenvalue weighted by Crippen LogP contribution is -2.24. The summed E-state index contributed by atoms with van der Waals surface area (Å²) in [6.07, 6.45) is 0.566. The van der Waals surface area contributed by atoms with E-state index < -0.39 is 10.0 Å². The fourth-order valence-corrected chi connectivity index (χ4v) is 4.99. The van der Waals surface area contributed by atoms with Crippen LogP contribution in [0.3, 0.4) is 0 Å². The summed E-state index contributed by atoms with van der Waals surface area (Å²) in [7, 11) is -3.71. The van der Waals surface area contributed by atoms with Crippen LogP contribution >= 0.6 is 22.9 Å². The van der Waals surface area contributed by atoms with Gasteiger partial charge in [-0.25, -0.2) is 18.2 Å². The second-order valence-corrected chi connectivity index (χ2v) is 10.0. The monoisotopic (exact) mass is 474 g/mol. The lowest BCUT2D eigenvalue weighted by Gasteiger charge is -2.05. The number of nitrogens with zero attached hydrogens (tertiary/aromatic N) is 2. The number of carbonyl (C=O) groups is 1. The van der Waals surface area contributed by atoms with Crippen LogP contribution in [0.15, 0.2) is 59.5 Å². The highest BCUT2D eigenvalue weighted by Crippen LogP contribution is 2.31. The molecule has 0 aliphatic rings. The van der Waals surface area contributed by atoms with Gasteiger partial charge in [0.2, 0.25) is 10.0 Å². The Labute approximate surface area is 188 Å². The van der Waals surface area contributed by atoms with E-state index in [1.54, 1.807) is 22.9 Å². The summed E-state index contributed by atoms with van der Waals surface area (Å²) in [5.74, 6) is -0.167. The molecule has 1 amide bonds. The van der Waals surface area contributed by atoms with Crippen molar-refractivity contribution >= 4 is 49.1 Å². The molecule has 7 nitrogen and oxygen atoms in total. The summed E-state index contributed by atoms with van der Waals surface area (Å²) >= 11 is 7.48. The molecular weight excluding hydrogens is 456 g/mol. The van der Waals surface area contributed by atoms with Gasteiger partial charge in [-0.3, -0.25) is 4.79 Å². The minimum atomic E-state index is -3.71. The second-order valence-electron chi connectivity index (χ2n) is 7.00. The van der Waals surface area contributed by atoms with Crippen molar-refractivity contribution in [2.45, 2.75) is 18.2 Å². The maximum Gasteiger partial charge on any atom is 0.261 e. The minimum Gasteiger partial charge on any atom is -0.351 e. The van der Waals surface area contributed by atoms with Crippen LogP contribution in [0, 0.1) is 6.92 Å². The molecule has 0 fully saturated rings. The van der Waals surface area contributed by atoms with E-state index in [1.807, 2.05) is 31.2 Å². The maximum atomic E-state index is 12.7. The highest BCUT2D eigenvalue weighted by Gasteiger charge is 2.17. The van der Waals surface area contributed by atoms with E-state index in [0.717, 1.165) is 27.2 Å². The molecule has 0 saturated heterocycles. The van der Waals surface area contributed by atoms with Crippen molar-refractivity contribution in [1.29, 1.82) is 0 Å². The maximum absolute atomic E-state index is 12.7. The SMILES string of the molecule is Cc1nn(-c2cccc(Cl)c2)c2sc(C(=O)NCCc3ccc(S(N)(=O)=O)cc3)cc12. The summed E-state index contributed by atoms with van der Waals surface area (Å²) in [5.41, 5.74) is 2.57. The molecule has 4 aromatic rings. The predicted octanol–water partition coefficient (Wildman–Crippen LogP) is 3.67. The smallest absolute Gasteiger partial charge is 0.261 e. The first-order chi connectivity index (χ1) is 14.7. The Morgan fingerprint density at radius 3 is 2.61 bits per heavy atom. The summed E-state index contributed by atoms with van der Waals surface area (Å²) in [6.45, 7) is 2.32. The molecule has 0 atom stereocenters. The fraction of sp³-hybridized carbons (Fsp3) is 0.143. The number of aromatic nitrogens is 2. The van der Waals surface area contributed by atoms with Gasteiger partial charge in [-0.2, -0.15) is 5.10 Å². The molecule has 2 aromatic heterocycles. The third-order valence-corrected chi connectivity index (χ3v) is 7.05. The van der Waals surface area contributed by atoms with E-state index in [0.29, 0.717) is 22.9 Å². The Morgan fingerprint density at radius 1 is 1.19 bits per heavy atom. The fourth-order valence-electron chi connectivity index (χ4n) is 3.20. The van der Waals surface area contributed by atoms with Gasteiger partial charge in [-0.15, -0.1) is 11.3 Å². The molecule has 4 rings (SSSR count). The largest absolute Gasteiger partial charge is 0.351 e. The number of sulfonamides is 1. The van der Waals surface area contributed by atoms with Crippen LogP contribution in [0.2, 0.25) is 5.02 Å². The van der Waals surface area contributed by atoms with E-state index in [4.69, 9.17) is 16.7 Å². The van der Waals surface area contributed by atoms with Crippen molar-refractivity contribution in [2.24, 2.45) is 5.14 Å². The zero-order valence-electron chi connectivity index (χ0n) is 16.5. The predicted molar refractivity (Wildman–Crippen MR) is 123 cm³/mol. The van der Waals surface area contributed by atoms with Gasteiger partial charge < -0.3 is 5.32 Å². The number of amides is 1. The zero-order chi connectivity index (χ0) is 22.2. The lowest BCUT2D eigenvalue weighted by molar-refractivity contribution is 0.0958. The number of halogens is 1. The minimum absolute atomic E-state index is 0.0645. The van der Waals surface area contributed by atoms with Crippen LogP contribution in [-0.4, -0.2) is 30.7 Å². The van der Waals surface area contributed by atoms with E-state index in [-0.39, 0.29) is 10.8 Å². The number of hydrogen-bond donors (Lipinski definition) is 2. The molecule has 160 valence electrons. The molecule has 2 aromatic carbocycles. The number of hydrogen-bond acceptors (Lipinski definition) is 5. The first-order valence-electron chi connectivity index (χ1n) is 9.37. The molecule has 0 aliphatic heterocycles. The van der Waals surface area contributed by atoms with Crippen molar-refractivity contribution in [2.75, 3.05) is 6.54 Å². The topological polar surface area (TPSA) is 107 Å². The van der Waals surface area contributed by atoms with Gasteiger partial charge in [-0.1, -0.05) is 29.8 Å². The number of primary sulfonamides is 1. The van der Waals surface area contributed by atoms with E-state index in [9.17, 15) is 13.2 Å². The average molecular weight is 475 g/mol. The van der Waals surface area contributed by atoms with Crippen LogP contribution in [0.1, 0.15) is 20.9 Å². The van der Waals surface area contributed by atoms with Crippen molar-refractivity contribution < 1.29 is 13.2 Å². The van der Waals surface area contributed by atoms with E-state index >= 15 is 0 Å². The molecule has 0 bridgehead atoms. The molecule has 3 N–H and O–H groups in total. The Kier molecular flexibility index (Phi) is 5.85. The number of benzene rings is 2. The van der Waals surface area contributed by atoms with Crippen molar-refractivity contribution in [3.05, 3.63) is 75.8 Å². The quantitative estimate of drug-likeness (QED) is 0.444. The molecule has 0 aliphatic carbocycles. The standard InChI is InChI=1S/C21H19ClN4O3S2/c1-13-18-12-19(30-21(18)26(25-13)16-4-2-3-15(22)11-16)20(27)24-10-9-14-5-7-17(8-6-14)31(23,28)29/h2-8,11-12H,9-10H2,1H3,(H,24,27)(H2,23,28,29). The molecule has 2 heterocycles. The number of aryl methyl sites for hydroxylation is 1. The van der Waals surface area contributed by atoms with Gasteiger partial charge in [0.05, 0.1) is 21.2 Å². The average Bonchev–Trinajstić information content (AvgIpc) is 3.28. The first kappa shape index (κ1) is 21.5. The number of fused-ring (bicyclic) bond motifs is 1. The number of rotatable bonds is 6.